The number of benzene rings is 1. The number of hydrogen-bond donors (Lipinski definition) is 3. The topological polar surface area (TPSA) is 98.0 Å². The van der Waals surface area contributed by atoms with Crippen molar-refractivity contribution in [1.82, 2.24) is 5.32 Å². The van der Waals surface area contributed by atoms with Crippen LogP contribution in [0.15, 0.2) is 29.3 Å². The van der Waals surface area contributed by atoms with Crippen molar-refractivity contribution in [2.45, 2.75) is 26.4 Å². The highest BCUT2D eigenvalue weighted by molar-refractivity contribution is 5.93. The summed E-state index contributed by atoms with van der Waals surface area (Å²) < 4.78 is 10.3. The van der Waals surface area contributed by atoms with Crippen molar-refractivity contribution < 1.29 is 14.3 Å². The number of anilines is 1. The smallest absolute Gasteiger partial charge is 0.407 e. The number of alkyl carbamates (subject to hydrolysis) is 1. The minimum absolute atomic E-state index is 0.246. The second-order valence-corrected chi connectivity index (χ2v) is 5.52. The molecule has 0 fully saturated rings. The van der Waals surface area contributed by atoms with E-state index >= 15 is 0 Å². The van der Waals surface area contributed by atoms with E-state index in [1.165, 1.54) is 0 Å². The fourth-order valence-corrected chi connectivity index (χ4v) is 1.57. The Morgan fingerprint density at radius 2 is 2.00 bits per heavy atom. The molecule has 0 aromatic heterocycles. The maximum absolute atomic E-state index is 11.4. The van der Waals surface area contributed by atoms with Crippen LogP contribution >= 0.6 is 0 Å². The van der Waals surface area contributed by atoms with E-state index in [4.69, 9.17) is 15.2 Å². The van der Waals surface area contributed by atoms with Crippen molar-refractivity contribution >= 4 is 17.7 Å². The lowest BCUT2D eigenvalue weighted by Gasteiger charge is -2.19. The van der Waals surface area contributed by atoms with Crippen LogP contribution in [0.2, 0.25) is 0 Å². The molecule has 0 saturated heterocycles. The zero-order chi connectivity index (χ0) is 16.6. The van der Waals surface area contributed by atoms with Crippen LogP contribution in [0.1, 0.15) is 20.8 Å². The molecule has 1 amide bonds. The Balaban J connectivity index is 2.39. The van der Waals surface area contributed by atoms with Gasteiger partial charge in [-0.15, -0.1) is 0 Å². The number of nitrogens with one attached hydrogen (secondary N) is 2. The van der Waals surface area contributed by atoms with Gasteiger partial charge in [-0.3, -0.25) is 4.99 Å². The summed E-state index contributed by atoms with van der Waals surface area (Å²) in [5, 5.41) is 5.55. The molecule has 7 nitrogen and oxygen atoms in total. The van der Waals surface area contributed by atoms with Gasteiger partial charge in [-0.05, 0) is 32.9 Å². The van der Waals surface area contributed by atoms with E-state index in [9.17, 15) is 4.79 Å². The number of hydrogen-bond acceptors (Lipinski definition) is 4. The van der Waals surface area contributed by atoms with Gasteiger partial charge in [0.25, 0.3) is 0 Å². The van der Waals surface area contributed by atoms with Gasteiger partial charge in [0.2, 0.25) is 0 Å². The van der Waals surface area contributed by atoms with Crippen LogP contribution in [-0.4, -0.2) is 37.9 Å². The minimum atomic E-state index is -0.516. The first-order valence-electron chi connectivity index (χ1n) is 6.98. The van der Waals surface area contributed by atoms with E-state index in [0.29, 0.717) is 18.8 Å². The first kappa shape index (κ1) is 17.6. The summed E-state index contributed by atoms with van der Waals surface area (Å²) in [7, 11) is 1.58. The normalized spacial score (nSPS) is 11.7. The molecule has 1 aromatic rings. The van der Waals surface area contributed by atoms with Crippen molar-refractivity contribution in [2.75, 3.05) is 25.5 Å². The predicted molar refractivity (Wildman–Crippen MR) is 87.3 cm³/mol. The summed E-state index contributed by atoms with van der Waals surface area (Å²) in [5.74, 6) is 0.919. The molecule has 4 N–H and O–H groups in total. The van der Waals surface area contributed by atoms with Gasteiger partial charge in [-0.25, -0.2) is 4.79 Å². The molecule has 0 heterocycles. The summed E-state index contributed by atoms with van der Waals surface area (Å²) in [6.45, 7) is 6.09. The van der Waals surface area contributed by atoms with Gasteiger partial charge in [0.15, 0.2) is 5.96 Å². The molecule has 0 aliphatic heterocycles. The number of guanidine groups is 1. The lowest BCUT2D eigenvalue weighted by atomic mass is 10.2. The van der Waals surface area contributed by atoms with Gasteiger partial charge in [-0.1, -0.05) is 12.1 Å². The number of carbonyl (C=O) groups excluding carboxylic acids is 1. The van der Waals surface area contributed by atoms with Crippen molar-refractivity contribution in [2.24, 2.45) is 10.7 Å². The zero-order valence-corrected chi connectivity index (χ0v) is 13.5. The number of methoxy groups -OCH3 is 1. The van der Waals surface area contributed by atoms with Crippen LogP contribution < -0.4 is 21.1 Å². The standard InChI is InChI=1S/C15H24N4O3/c1-15(2,3)22-14(20)18-10-9-17-13(16)19-11-7-5-6-8-12(11)21-4/h5-8H,9-10H2,1-4H3,(H,18,20)(H3,16,17,19). The molecule has 122 valence electrons. The number of amides is 1. The maximum atomic E-state index is 11.4. The molecule has 1 rings (SSSR count). The molecule has 0 bridgehead atoms. The largest absolute Gasteiger partial charge is 0.495 e. The fraction of sp³-hybridized carbons (Fsp3) is 0.467. The van der Waals surface area contributed by atoms with Crippen LogP contribution in [0.4, 0.5) is 10.5 Å². The van der Waals surface area contributed by atoms with Crippen LogP contribution in [0.3, 0.4) is 0 Å². The van der Waals surface area contributed by atoms with Gasteiger partial charge < -0.3 is 25.8 Å². The van der Waals surface area contributed by atoms with E-state index in [0.717, 1.165) is 5.69 Å². The molecular formula is C15H24N4O3. The molecule has 0 aliphatic carbocycles. The number of ether oxygens (including phenoxy) is 2. The number of para-hydroxylation sites is 2. The quantitative estimate of drug-likeness (QED) is 0.439. The van der Waals surface area contributed by atoms with Crippen molar-refractivity contribution in [1.29, 1.82) is 0 Å². The van der Waals surface area contributed by atoms with Gasteiger partial charge in [-0.2, -0.15) is 0 Å². The van der Waals surface area contributed by atoms with E-state index in [1.54, 1.807) is 27.9 Å². The van der Waals surface area contributed by atoms with Gasteiger partial charge in [0.1, 0.15) is 11.4 Å². The van der Waals surface area contributed by atoms with E-state index in [2.05, 4.69) is 15.6 Å². The Kier molecular flexibility index (Phi) is 6.49. The van der Waals surface area contributed by atoms with Crippen LogP contribution in [0.5, 0.6) is 5.75 Å². The molecule has 22 heavy (non-hydrogen) atoms. The third-order valence-electron chi connectivity index (χ3n) is 2.43. The molecule has 7 heteroatoms. The predicted octanol–water partition coefficient (Wildman–Crippen LogP) is 1.95. The number of nitrogens with zero attached hydrogens (tertiary/aromatic N) is 1. The lowest BCUT2D eigenvalue weighted by Crippen LogP contribution is -2.34. The highest BCUT2D eigenvalue weighted by atomic mass is 16.6. The first-order chi connectivity index (χ1) is 10.3. The van der Waals surface area contributed by atoms with Crippen molar-refractivity contribution in [3.63, 3.8) is 0 Å². The van der Waals surface area contributed by atoms with Gasteiger partial charge >= 0.3 is 6.09 Å². The van der Waals surface area contributed by atoms with E-state index in [-0.39, 0.29) is 5.96 Å². The Morgan fingerprint density at radius 3 is 2.64 bits per heavy atom. The number of aliphatic imine (C=N–C) groups is 1. The monoisotopic (exact) mass is 308 g/mol. The second-order valence-electron chi connectivity index (χ2n) is 5.52. The Bertz CT molecular complexity index is 524. The first-order valence-corrected chi connectivity index (χ1v) is 6.98. The summed E-state index contributed by atoms with van der Waals surface area (Å²) in [6.07, 6.45) is -0.473. The molecular weight excluding hydrogens is 284 g/mol. The molecule has 0 unspecified atom stereocenters. The number of nitrogens with two attached hydrogens (primary N) is 1. The highest BCUT2D eigenvalue weighted by Gasteiger charge is 2.15. The molecule has 0 aliphatic rings. The lowest BCUT2D eigenvalue weighted by molar-refractivity contribution is 0.0529. The third-order valence-corrected chi connectivity index (χ3v) is 2.43. The minimum Gasteiger partial charge on any atom is -0.495 e. The molecule has 0 atom stereocenters. The number of rotatable bonds is 5. The average Bonchev–Trinajstić information content (AvgIpc) is 2.42. The van der Waals surface area contributed by atoms with Crippen LogP contribution in [-0.2, 0) is 4.74 Å². The van der Waals surface area contributed by atoms with Crippen molar-refractivity contribution in [3.05, 3.63) is 24.3 Å². The third kappa shape index (κ3) is 6.83. The zero-order valence-electron chi connectivity index (χ0n) is 13.5. The Hall–Kier alpha value is -2.44. The highest BCUT2D eigenvalue weighted by Crippen LogP contribution is 2.22. The maximum Gasteiger partial charge on any atom is 0.407 e. The fourth-order valence-electron chi connectivity index (χ4n) is 1.57. The van der Waals surface area contributed by atoms with E-state index in [1.807, 2.05) is 24.3 Å². The summed E-state index contributed by atoms with van der Waals surface area (Å²) in [5.41, 5.74) is 6.00. The second kappa shape index (κ2) is 8.11. The molecule has 0 radical (unpaired) electrons. The molecule has 0 saturated carbocycles. The summed E-state index contributed by atoms with van der Waals surface area (Å²) in [6, 6.07) is 7.38. The number of carbonyl (C=O) groups is 1. The van der Waals surface area contributed by atoms with E-state index < -0.39 is 11.7 Å². The Labute approximate surface area is 130 Å². The SMILES string of the molecule is COc1ccccc1NC(N)=NCCNC(=O)OC(C)(C)C. The van der Waals surface area contributed by atoms with Crippen LogP contribution in [0.25, 0.3) is 0 Å². The summed E-state index contributed by atoms with van der Waals surface area (Å²) >= 11 is 0. The molecule has 0 spiro atoms. The van der Waals surface area contributed by atoms with Gasteiger partial charge in [0, 0.05) is 6.54 Å². The van der Waals surface area contributed by atoms with Crippen LogP contribution in [0, 0.1) is 0 Å². The van der Waals surface area contributed by atoms with Gasteiger partial charge in [0.05, 0.1) is 19.3 Å². The average molecular weight is 308 g/mol. The summed E-state index contributed by atoms with van der Waals surface area (Å²) in [4.78, 5) is 15.6. The molecule has 1 aromatic carbocycles. The Morgan fingerprint density at radius 1 is 1.32 bits per heavy atom. The van der Waals surface area contributed by atoms with Crippen molar-refractivity contribution in [3.8, 4) is 5.75 Å².